The van der Waals surface area contributed by atoms with Crippen molar-refractivity contribution in [3.63, 3.8) is 0 Å². The quantitative estimate of drug-likeness (QED) is 0.502. The van der Waals surface area contributed by atoms with Gasteiger partial charge in [0.2, 0.25) is 5.88 Å². The Balaban J connectivity index is 2.01. The molecule has 4 aromatic rings. The van der Waals surface area contributed by atoms with Gasteiger partial charge in [-0.1, -0.05) is 71.3 Å². The van der Waals surface area contributed by atoms with E-state index in [1.54, 1.807) is 0 Å². The molecule has 0 unspecified atom stereocenters. The molecule has 1 aromatic heterocycles. The Labute approximate surface area is 159 Å². The van der Waals surface area contributed by atoms with Gasteiger partial charge in [0.25, 0.3) is 0 Å². The summed E-state index contributed by atoms with van der Waals surface area (Å²) in [7, 11) is 0. The molecule has 1 heterocycles. The molecule has 1 N–H and O–H groups in total. The second kappa shape index (κ2) is 6.76. The van der Waals surface area contributed by atoms with E-state index in [1.807, 2.05) is 35.0 Å². The molecule has 134 valence electrons. The second-order valence-corrected chi connectivity index (χ2v) is 7.03. The molecule has 0 saturated carbocycles. The highest BCUT2D eigenvalue weighted by atomic mass is 16.3. The summed E-state index contributed by atoms with van der Waals surface area (Å²) in [6.07, 6.45) is 0. The third kappa shape index (κ3) is 3.24. The van der Waals surface area contributed by atoms with Crippen LogP contribution < -0.4 is 0 Å². The number of aromatic hydroxyl groups is 1. The molecule has 0 aliphatic carbocycles. The average Bonchev–Trinajstić information content (AvgIpc) is 3.00. The lowest BCUT2D eigenvalue weighted by Crippen LogP contribution is -1.99. The maximum Gasteiger partial charge on any atom is 0.239 e. The van der Waals surface area contributed by atoms with Gasteiger partial charge in [0, 0.05) is 5.56 Å². The Hall–Kier alpha value is -3.33. The molecule has 0 aliphatic heterocycles. The summed E-state index contributed by atoms with van der Waals surface area (Å²) in [6, 6.07) is 24.6. The largest absolute Gasteiger partial charge is 0.492 e. The van der Waals surface area contributed by atoms with Crippen LogP contribution in [0, 0.1) is 20.8 Å². The van der Waals surface area contributed by atoms with Gasteiger partial charge < -0.3 is 5.11 Å². The third-order valence-corrected chi connectivity index (χ3v) is 4.78. The van der Waals surface area contributed by atoms with Gasteiger partial charge >= 0.3 is 0 Å². The molecular formula is C24H22N2O. The van der Waals surface area contributed by atoms with Crippen LogP contribution in [-0.2, 0) is 0 Å². The number of aryl methyl sites for hydroxylation is 3. The van der Waals surface area contributed by atoms with E-state index in [9.17, 15) is 5.11 Å². The minimum absolute atomic E-state index is 0.0379. The van der Waals surface area contributed by atoms with Crippen molar-refractivity contribution < 1.29 is 5.11 Å². The van der Waals surface area contributed by atoms with Gasteiger partial charge in [0.1, 0.15) is 0 Å². The van der Waals surface area contributed by atoms with Crippen molar-refractivity contribution in [2.45, 2.75) is 20.8 Å². The van der Waals surface area contributed by atoms with Crippen LogP contribution in [0.4, 0.5) is 0 Å². The van der Waals surface area contributed by atoms with Gasteiger partial charge in [-0.25, -0.2) is 4.68 Å². The Morgan fingerprint density at radius 2 is 1.33 bits per heavy atom. The van der Waals surface area contributed by atoms with Crippen molar-refractivity contribution in [3.8, 4) is 34.0 Å². The van der Waals surface area contributed by atoms with Crippen LogP contribution in [0.3, 0.4) is 0 Å². The third-order valence-electron chi connectivity index (χ3n) is 4.78. The fraction of sp³-hybridized carbons (Fsp3) is 0.125. The minimum atomic E-state index is 0.0379. The van der Waals surface area contributed by atoms with E-state index in [1.165, 1.54) is 16.7 Å². The maximum absolute atomic E-state index is 10.7. The van der Waals surface area contributed by atoms with Crippen LogP contribution in [0.1, 0.15) is 16.7 Å². The molecule has 3 nitrogen and oxygen atoms in total. The number of rotatable bonds is 3. The minimum Gasteiger partial charge on any atom is -0.492 e. The zero-order valence-electron chi connectivity index (χ0n) is 15.8. The van der Waals surface area contributed by atoms with Gasteiger partial charge in [0.05, 0.1) is 16.9 Å². The van der Waals surface area contributed by atoms with Crippen LogP contribution in [-0.4, -0.2) is 14.9 Å². The fourth-order valence-corrected chi connectivity index (χ4v) is 3.32. The van der Waals surface area contributed by atoms with Crippen molar-refractivity contribution >= 4 is 0 Å². The van der Waals surface area contributed by atoms with E-state index < -0.39 is 0 Å². The number of aromatic nitrogens is 2. The Morgan fingerprint density at radius 3 is 1.96 bits per heavy atom. The topological polar surface area (TPSA) is 38.1 Å². The summed E-state index contributed by atoms with van der Waals surface area (Å²) in [5.41, 5.74) is 8.08. The molecule has 0 aliphatic rings. The predicted molar refractivity (Wildman–Crippen MR) is 110 cm³/mol. The van der Waals surface area contributed by atoms with E-state index in [2.05, 4.69) is 68.3 Å². The smallest absolute Gasteiger partial charge is 0.239 e. The van der Waals surface area contributed by atoms with E-state index >= 15 is 0 Å². The molecule has 0 atom stereocenters. The number of benzene rings is 3. The average molecular weight is 354 g/mol. The number of hydrogen-bond acceptors (Lipinski definition) is 2. The SMILES string of the molecule is Cc1ccc(-c2c(O)nn(-c3ccc(C)cc3)c2-c2cccc(C)c2)cc1. The van der Waals surface area contributed by atoms with E-state index in [4.69, 9.17) is 0 Å². The zero-order chi connectivity index (χ0) is 19.0. The molecule has 0 amide bonds. The Kier molecular flexibility index (Phi) is 4.28. The van der Waals surface area contributed by atoms with E-state index in [-0.39, 0.29) is 5.88 Å². The summed E-state index contributed by atoms with van der Waals surface area (Å²) in [5, 5.41) is 15.2. The Morgan fingerprint density at radius 1 is 0.704 bits per heavy atom. The standard InChI is InChI=1S/C24H22N2O/c1-16-7-11-19(12-8-16)22-23(20-6-4-5-18(3)15-20)26(25-24(22)27)21-13-9-17(2)10-14-21/h4-15H,1-3H3,(H,25,27). The highest BCUT2D eigenvalue weighted by Gasteiger charge is 2.21. The normalized spacial score (nSPS) is 10.9. The first-order valence-electron chi connectivity index (χ1n) is 9.06. The second-order valence-electron chi connectivity index (χ2n) is 7.03. The first kappa shape index (κ1) is 17.1. The lowest BCUT2D eigenvalue weighted by Gasteiger charge is -2.11. The summed E-state index contributed by atoms with van der Waals surface area (Å²) < 4.78 is 1.83. The maximum atomic E-state index is 10.7. The molecule has 0 fully saturated rings. The molecule has 4 rings (SSSR count). The monoisotopic (exact) mass is 354 g/mol. The van der Waals surface area contributed by atoms with Crippen LogP contribution >= 0.6 is 0 Å². The molecule has 0 radical (unpaired) electrons. The zero-order valence-corrected chi connectivity index (χ0v) is 15.8. The van der Waals surface area contributed by atoms with E-state index in [0.29, 0.717) is 0 Å². The lowest BCUT2D eigenvalue weighted by atomic mass is 9.99. The lowest BCUT2D eigenvalue weighted by molar-refractivity contribution is 0.449. The van der Waals surface area contributed by atoms with Crippen LogP contribution in [0.25, 0.3) is 28.1 Å². The van der Waals surface area contributed by atoms with Crippen LogP contribution in [0.5, 0.6) is 5.88 Å². The molecule has 0 saturated heterocycles. The Bertz CT molecular complexity index is 1090. The van der Waals surface area contributed by atoms with Crippen molar-refractivity contribution in [1.29, 1.82) is 0 Å². The van der Waals surface area contributed by atoms with Gasteiger partial charge in [-0.15, -0.1) is 5.10 Å². The molecule has 3 heteroatoms. The highest BCUT2D eigenvalue weighted by Crippen LogP contribution is 2.40. The molecule has 3 aromatic carbocycles. The summed E-state index contributed by atoms with van der Waals surface area (Å²) in [5.74, 6) is 0.0379. The van der Waals surface area contributed by atoms with Gasteiger partial charge in [-0.05, 0) is 44.5 Å². The predicted octanol–water partition coefficient (Wildman–Crippen LogP) is 5.84. The first-order chi connectivity index (χ1) is 13.0. The summed E-state index contributed by atoms with van der Waals surface area (Å²) in [6.45, 7) is 6.19. The van der Waals surface area contributed by atoms with Gasteiger partial charge in [-0.3, -0.25) is 0 Å². The van der Waals surface area contributed by atoms with Gasteiger partial charge in [0.15, 0.2) is 0 Å². The molecular weight excluding hydrogens is 332 g/mol. The summed E-state index contributed by atoms with van der Waals surface area (Å²) >= 11 is 0. The molecule has 0 spiro atoms. The van der Waals surface area contributed by atoms with Crippen molar-refractivity contribution in [1.82, 2.24) is 9.78 Å². The first-order valence-corrected chi connectivity index (χ1v) is 9.06. The number of nitrogens with zero attached hydrogens (tertiary/aromatic N) is 2. The molecule has 27 heavy (non-hydrogen) atoms. The van der Waals surface area contributed by atoms with Gasteiger partial charge in [-0.2, -0.15) is 0 Å². The highest BCUT2D eigenvalue weighted by molar-refractivity contribution is 5.86. The molecule has 0 bridgehead atoms. The fourth-order valence-electron chi connectivity index (χ4n) is 3.32. The van der Waals surface area contributed by atoms with Crippen molar-refractivity contribution in [2.24, 2.45) is 0 Å². The van der Waals surface area contributed by atoms with Crippen molar-refractivity contribution in [2.75, 3.05) is 0 Å². The van der Waals surface area contributed by atoms with Crippen LogP contribution in [0.2, 0.25) is 0 Å². The van der Waals surface area contributed by atoms with Crippen LogP contribution in [0.15, 0.2) is 72.8 Å². The summed E-state index contributed by atoms with van der Waals surface area (Å²) in [4.78, 5) is 0. The van der Waals surface area contributed by atoms with E-state index in [0.717, 1.165) is 28.1 Å². The number of hydrogen-bond donors (Lipinski definition) is 1. The van der Waals surface area contributed by atoms with Crippen molar-refractivity contribution in [3.05, 3.63) is 89.5 Å².